The highest BCUT2D eigenvalue weighted by atomic mass is 35.5. The van der Waals surface area contributed by atoms with Crippen molar-refractivity contribution in [2.45, 2.75) is 26.7 Å². The Morgan fingerprint density at radius 1 is 1.30 bits per heavy atom. The number of ether oxygens (including phenoxy) is 1. The lowest BCUT2D eigenvalue weighted by molar-refractivity contribution is 0.101. The molecule has 23 heavy (non-hydrogen) atoms. The number of likely N-dealkylation sites (tertiary alicyclic amines) is 1. The van der Waals surface area contributed by atoms with Crippen LogP contribution in [0.25, 0.3) is 0 Å². The van der Waals surface area contributed by atoms with E-state index in [0.717, 1.165) is 38.6 Å². The van der Waals surface area contributed by atoms with Crippen LogP contribution in [0.5, 0.6) is 5.75 Å². The van der Waals surface area contributed by atoms with Crippen molar-refractivity contribution in [3.63, 3.8) is 0 Å². The number of para-hydroxylation sites is 1. The van der Waals surface area contributed by atoms with Crippen LogP contribution < -0.4 is 10.1 Å². The fourth-order valence-corrected chi connectivity index (χ4v) is 2.93. The normalized spacial score (nSPS) is 15.9. The van der Waals surface area contributed by atoms with Gasteiger partial charge < -0.3 is 10.1 Å². The molecule has 0 saturated carbocycles. The standard InChI is InChI=1S/C18H28N2O2.ClH/c1-3-19-14-16-8-10-20(11-9-16)12-13-22-18-7-5-4-6-17(18)15(2)21;/h4-7,16,19H,3,8-14H2,1-2H3;1H. The number of rotatable bonds is 8. The van der Waals surface area contributed by atoms with Gasteiger partial charge in [0.15, 0.2) is 5.78 Å². The molecule has 1 aromatic rings. The molecule has 1 aromatic carbocycles. The van der Waals surface area contributed by atoms with Crippen LogP contribution in [-0.2, 0) is 0 Å². The zero-order valence-electron chi connectivity index (χ0n) is 14.2. The molecule has 1 fully saturated rings. The molecule has 0 amide bonds. The molecule has 0 atom stereocenters. The minimum Gasteiger partial charge on any atom is -0.491 e. The summed E-state index contributed by atoms with van der Waals surface area (Å²) in [6.45, 7) is 9.81. The molecule has 5 heteroatoms. The summed E-state index contributed by atoms with van der Waals surface area (Å²) in [5.41, 5.74) is 0.673. The Morgan fingerprint density at radius 3 is 2.65 bits per heavy atom. The summed E-state index contributed by atoms with van der Waals surface area (Å²) in [6, 6.07) is 7.48. The third kappa shape index (κ3) is 6.50. The number of carbonyl (C=O) groups is 1. The van der Waals surface area contributed by atoms with E-state index in [1.165, 1.54) is 12.8 Å². The van der Waals surface area contributed by atoms with Gasteiger partial charge in [0.1, 0.15) is 12.4 Å². The molecule has 1 heterocycles. The monoisotopic (exact) mass is 340 g/mol. The van der Waals surface area contributed by atoms with E-state index >= 15 is 0 Å². The van der Waals surface area contributed by atoms with Crippen molar-refractivity contribution in [3.05, 3.63) is 29.8 Å². The Balaban J connectivity index is 0.00000264. The number of piperidine rings is 1. The average molecular weight is 341 g/mol. The summed E-state index contributed by atoms with van der Waals surface area (Å²) >= 11 is 0. The fraction of sp³-hybridized carbons (Fsp3) is 0.611. The van der Waals surface area contributed by atoms with E-state index in [0.29, 0.717) is 17.9 Å². The summed E-state index contributed by atoms with van der Waals surface area (Å²) in [7, 11) is 0. The van der Waals surface area contributed by atoms with Gasteiger partial charge in [-0.15, -0.1) is 12.4 Å². The van der Waals surface area contributed by atoms with Crippen LogP contribution in [0, 0.1) is 5.92 Å². The Bertz CT molecular complexity index is 474. The van der Waals surface area contributed by atoms with Gasteiger partial charge in [-0.3, -0.25) is 9.69 Å². The molecule has 1 aliphatic rings. The largest absolute Gasteiger partial charge is 0.491 e. The first-order valence-electron chi connectivity index (χ1n) is 8.36. The maximum atomic E-state index is 11.6. The van der Waals surface area contributed by atoms with Gasteiger partial charge in [-0.2, -0.15) is 0 Å². The maximum Gasteiger partial charge on any atom is 0.163 e. The summed E-state index contributed by atoms with van der Waals surface area (Å²) in [6.07, 6.45) is 2.52. The number of ketones is 1. The number of halogens is 1. The van der Waals surface area contributed by atoms with E-state index in [4.69, 9.17) is 4.74 Å². The molecular formula is C18H29ClN2O2. The van der Waals surface area contributed by atoms with Crippen LogP contribution in [0.15, 0.2) is 24.3 Å². The van der Waals surface area contributed by atoms with E-state index in [9.17, 15) is 4.79 Å². The van der Waals surface area contributed by atoms with E-state index in [2.05, 4.69) is 17.1 Å². The molecular weight excluding hydrogens is 312 g/mol. The lowest BCUT2D eigenvalue weighted by Gasteiger charge is -2.31. The Labute approximate surface area is 146 Å². The second-order valence-electron chi connectivity index (χ2n) is 5.99. The van der Waals surface area contributed by atoms with Crippen LogP contribution in [0.4, 0.5) is 0 Å². The minimum absolute atomic E-state index is 0. The molecule has 130 valence electrons. The van der Waals surface area contributed by atoms with Gasteiger partial charge in [-0.25, -0.2) is 0 Å². The first kappa shape index (κ1) is 19.9. The SMILES string of the molecule is CCNCC1CCN(CCOc2ccccc2C(C)=O)CC1.Cl. The van der Waals surface area contributed by atoms with Gasteiger partial charge in [0, 0.05) is 6.54 Å². The minimum atomic E-state index is 0. The topological polar surface area (TPSA) is 41.6 Å². The van der Waals surface area contributed by atoms with E-state index < -0.39 is 0 Å². The highest BCUT2D eigenvalue weighted by Crippen LogP contribution is 2.19. The van der Waals surface area contributed by atoms with Gasteiger partial charge >= 0.3 is 0 Å². The molecule has 4 nitrogen and oxygen atoms in total. The van der Waals surface area contributed by atoms with Gasteiger partial charge in [-0.05, 0) is 64.0 Å². The lowest BCUT2D eigenvalue weighted by atomic mass is 9.97. The molecule has 0 aromatic heterocycles. The average Bonchev–Trinajstić information content (AvgIpc) is 2.54. The van der Waals surface area contributed by atoms with Gasteiger partial charge in [0.2, 0.25) is 0 Å². The molecule has 0 unspecified atom stereocenters. The number of nitrogens with one attached hydrogen (secondary N) is 1. The van der Waals surface area contributed by atoms with Crippen LogP contribution in [0.1, 0.15) is 37.0 Å². The van der Waals surface area contributed by atoms with Crippen molar-refractivity contribution in [3.8, 4) is 5.75 Å². The summed E-state index contributed by atoms with van der Waals surface area (Å²) in [4.78, 5) is 14.0. The van der Waals surface area contributed by atoms with Gasteiger partial charge in [0.25, 0.3) is 0 Å². The molecule has 2 rings (SSSR count). The maximum absolute atomic E-state index is 11.6. The summed E-state index contributed by atoms with van der Waals surface area (Å²) < 4.78 is 5.82. The number of carbonyl (C=O) groups excluding carboxylic acids is 1. The number of hydrogen-bond acceptors (Lipinski definition) is 4. The van der Waals surface area contributed by atoms with Crippen molar-refractivity contribution >= 4 is 18.2 Å². The van der Waals surface area contributed by atoms with Crippen LogP contribution in [0.2, 0.25) is 0 Å². The van der Waals surface area contributed by atoms with Crippen molar-refractivity contribution < 1.29 is 9.53 Å². The number of nitrogens with zero attached hydrogens (tertiary/aromatic N) is 1. The van der Waals surface area contributed by atoms with E-state index in [1.54, 1.807) is 6.92 Å². The highest BCUT2D eigenvalue weighted by molar-refractivity contribution is 5.96. The third-order valence-corrected chi connectivity index (χ3v) is 4.32. The van der Waals surface area contributed by atoms with Gasteiger partial charge in [-0.1, -0.05) is 19.1 Å². The predicted molar refractivity (Wildman–Crippen MR) is 96.9 cm³/mol. The quantitative estimate of drug-likeness (QED) is 0.739. The molecule has 0 aliphatic carbocycles. The Kier molecular flexibility index (Phi) is 9.22. The molecule has 1 N–H and O–H groups in total. The van der Waals surface area contributed by atoms with E-state index in [-0.39, 0.29) is 18.2 Å². The molecule has 1 aliphatic heterocycles. The Hall–Kier alpha value is -1.10. The molecule has 0 spiro atoms. The zero-order valence-corrected chi connectivity index (χ0v) is 15.0. The lowest BCUT2D eigenvalue weighted by Crippen LogP contribution is -2.39. The Morgan fingerprint density at radius 2 is 2.00 bits per heavy atom. The van der Waals surface area contributed by atoms with Crippen molar-refractivity contribution in [1.29, 1.82) is 0 Å². The number of benzene rings is 1. The molecule has 0 radical (unpaired) electrons. The molecule has 0 bridgehead atoms. The highest BCUT2D eigenvalue weighted by Gasteiger charge is 2.18. The first-order valence-corrected chi connectivity index (χ1v) is 8.36. The summed E-state index contributed by atoms with van der Waals surface area (Å²) in [5.74, 6) is 1.58. The third-order valence-electron chi connectivity index (χ3n) is 4.32. The van der Waals surface area contributed by atoms with Crippen LogP contribution in [0.3, 0.4) is 0 Å². The van der Waals surface area contributed by atoms with Crippen LogP contribution >= 0.6 is 12.4 Å². The van der Waals surface area contributed by atoms with Crippen molar-refractivity contribution in [2.24, 2.45) is 5.92 Å². The predicted octanol–water partition coefficient (Wildman–Crippen LogP) is 3.01. The fourth-order valence-electron chi connectivity index (χ4n) is 2.93. The smallest absolute Gasteiger partial charge is 0.163 e. The first-order chi connectivity index (χ1) is 10.7. The van der Waals surface area contributed by atoms with Crippen molar-refractivity contribution in [2.75, 3.05) is 39.3 Å². The van der Waals surface area contributed by atoms with Gasteiger partial charge in [0.05, 0.1) is 5.56 Å². The second-order valence-corrected chi connectivity index (χ2v) is 5.99. The van der Waals surface area contributed by atoms with Crippen molar-refractivity contribution in [1.82, 2.24) is 10.2 Å². The number of Topliss-reactive ketones (excluding diaryl/α,β-unsaturated/α-hetero) is 1. The van der Waals surface area contributed by atoms with E-state index in [1.807, 2.05) is 24.3 Å². The number of hydrogen-bond donors (Lipinski definition) is 1. The second kappa shape index (κ2) is 10.6. The van der Waals surface area contributed by atoms with Crippen LogP contribution in [-0.4, -0.2) is 50.0 Å². The molecule has 1 saturated heterocycles. The summed E-state index contributed by atoms with van der Waals surface area (Å²) in [5, 5.41) is 3.44. The zero-order chi connectivity index (χ0) is 15.8.